The van der Waals surface area contributed by atoms with Gasteiger partial charge >= 0.3 is 5.63 Å². The molecule has 1 heterocycles. The number of aryl methyl sites for hydroxylation is 1. The van der Waals surface area contributed by atoms with Gasteiger partial charge in [0.25, 0.3) is 0 Å². The molecule has 3 heteroatoms. The van der Waals surface area contributed by atoms with E-state index in [4.69, 9.17) is 0 Å². The maximum Gasteiger partial charge on any atom is 0.346 e. The number of fused-ring (bicyclic) bond motifs is 1. The molecule has 0 atom stereocenters. The molecule has 0 spiro atoms. The van der Waals surface area contributed by atoms with Crippen LogP contribution in [0.4, 0.5) is 0 Å². The van der Waals surface area contributed by atoms with Gasteiger partial charge in [0.05, 0.1) is 10.9 Å². The minimum atomic E-state index is -0.330. The largest absolute Gasteiger partial charge is 0.411 e. The zero-order valence-corrected chi connectivity index (χ0v) is 6.57. The summed E-state index contributed by atoms with van der Waals surface area (Å²) in [4.78, 5) is 15.1. The summed E-state index contributed by atoms with van der Waals surface area (Å²) in [5.41, 5.74) is 1.37. The first-order chi connectivity index (χ1) is 5.79. The molecule has 1 aromatic heterocycles. The molecule has 0 bridgehead atoms. The molecule has 0 saturated carbocycles. The Labute approximate surface area is 68.7 Å². The maximum atomic E-state index is 11.1. The van der Waals surface area contributed by atoms with Crippen LogP contribution in [0.25, 0.3) is 10.9 Å². The van der Waals surface area contributed by atoms with E-state index in [0.717, 1.165) is 5.56 Å². The average molecular weight is 161 g/mol. The van der Waals surface area contributed by atoms with Crippen LogP contribution in [0.15, 0.2) is 33.8 Å². The van der Waals surface area contributed by atoms with Gasteiger partial charge in [-0.3, -0.25) is 0 Å². The molecule has 3 nitrogen and oxygen atoms in total. The van der Waals surface area contributed by atoms with Gasteiger partial charge < -0.3 is 4.42 Å². The topological polar surface area (TPSA) is 43.1 Å². The lowest BCUT2D eigenvalue weighted by atomic mass is 10.2. The molecule has 0 unspecified atom stereocenters. The molecule has 1 aromatic carbocycles. The zero-order valence-electron chi connectivity index (χ0n) is 6.57. The van der Waals surface area contributed by atoms with E-state index in [2.05, 4.69) is 9.40 Å². The second-order valence-electron chi connectivity index (χ2n) is 2.61. The van der Waals surface area contributed by atoms with Crippen LogP contribution >= 0.6 is 0 Å². The number of benzene rings is 1. The van der Waals surface area contributed by atoms with Gasteiger partial charge in [-0.25, -0.2) is 9.78 Å². The Morgan fingerprint density at radius 3 is 3.00 bits per heavy atom. The van der Waals surface area contributed by atoms with Crippen LogP contribution in [0, 0.1) is 6.92 Å². The molecule has 2 aromatic rings. The third kappa shape index (κ3) is 0.906. The third-order valence-electron chi connectivity index (χ3n) is 1.80. The van der Waals surface area contributed by atoms with Crippen LogP contribution in [0.2, 0.25) is 0 Å². The SMILES string of the molecule is Cc1cccc2c(=O)ocnc12. The summed E-state index contributed by atoms with van der Waals surface area (Å²) in [6, 6.07) is 5.44. The quantitative estimate of drug-likeness (QED) is 0.588. The molecule has 2 rings (SSSR count). The van der Waals surface area contributed by atoms with Crippen molar-refractivity contribution in [3.63, 3.8) is 0 Å². The van der Waals surface area contributed by atoms with Gasteiger partial charge in [-0.05, 0) is 18.6 Å². The standard InChI is InChI=1S/C9H7NO2/c1-6-3-2-4-7-8(6)10-5-12-9(7)11/h2-5H,1H3. The Hall–Kier alpha value is -1.64. The molecule has 60 valence electrons. The summed E-state index contributed by atoms with van der Waals surface area (Å²) >= 11 is 0. The Balaban J connectivity index is 3.05. The van der Waals surface area contributed by atoms with Crippen molar-refractivity contribution in [1.82, 2.24) is 4.98 Å². The third-order valence-corrected chi connectivity index (χ3v) is 1.80. The van der Waals surface area contributed by atoms with Gasteiger partial charge in [-0.15, -0.1) is 0 Å². The van der Waals surface area contributed by atoms with Crippen LogP contribution in [-0.2, 0) is 0 Å². The summed E-state index contributed by atoms with van der Waals surface area (Å²) in [6.45, 7) is 1.91. The molecule has 0 amide bonds. The number of rotatable bonds is 0. The monoisotopic (exact) mass is 161 g/mol. The molecule has 0 aliphatic heterocycles. The lowest BCUT2D eigenvalue weighted by molar-refractivity contribution is 0.501. The van der Waals surface area contributed by atoms with Crippen LogP contribution in [-0.4, -0.2) is 4.98 Å². The van der Waals surface area contributed by atoms with E-state index in [0.29, 0.717) is 10.9 Å². The Bertz CT molecular complexity index is 473. The number of aromatic nitrogens is 1. The average Bonchev–Trinajstić information content (AvgIpc) is 2.07. The van der Waals surface area contributed by atoms with Gasteiger partial charge in [0, 0.05) is 0 Å². The van der Waals surface area contributed by atoms with Crippen LogP contribution in [0.5, 0.6) is 0 Å². The predicted molar refractivity (Wildman–Crippen MR) is 45.0 cm³/mol. The molecular weight excluding hydrogens is 154 g/mol. The molecule has 0 aliphatic carbocycles. The number of nitrogens with zero attached hydrogens (tertiary/aromatic N) is 1. The van der Waals surface area contributed by atoms with Crippen molar-refractivity contribution in [3.8, 4) is 0 Å². The minimum absolute atomic E-state index is 0.330. The van der Waals surface area contributed by atoms with Gasteiger partial charge in [0.15, 0.2) is 6.39 Å². The Morgan fingerprint density at radius 2 is 2.25 bits per heavy atom. The van der Waals surface area contributed by atoms with E-state index in [9.17, 15) is 4.79 Å². The highest BCUT2D eigenvalue weighted by molar-refractivity contribution is 5.79. The van der Waals surface area contributed by atoms with Crippen LogP contribution < -0.4 is 5.63 Å². The molecule has 0 radical (unpaired) electrons. The summed E-state index contributed by atoms with van der Waals surface area (Å²) in [5.74, 6) is 0. The Morgan fingerprint density at radius 1 is 1.42 bits per heavy atom. The fourth-order valence-electron chi connectivity index (χ4n) is 1.19. The van der Waals surface area contributed by atoms with Gasteiger partial charge in [0.1, 0.15) is 0 Å². The lowest BCUT2D eigenvalue weighted by Crippen LogP contribution is -2.00. The second kappa shape index (κ2) is 2.44. The first-order valence-electron chi connectivity index (χ1n) is 3.62. The van der Waals surface area contributed by atoms with Crippen molar-refractivity contribution >= 4 is 10.9 Å². The first-order valence-corrected chi connectivity index (χ1v) is 3.62. The lowest BCUT2D eigenvalue weighted by Gasteiger charge is -1.96. The second-order valence-corrected chi connectivity index (χ2v) is 2.61. The summed E-state index contributed by atoms with van der Waals surface area (Å²) in [5, 5.41) is 0.539. The Kier molecular flexibility index (Phi) is 1.43. The molecule has 12 heavy (non-hydrogen) atoms. The van der Waals surface area contributed by atoms with E-state index in [1.807, 2.05) is 19.1 Å². The van der Waals surface area contributed by atoms with E-state index < -0.39 is 0 Å². The summed E-state index contributed by atoms with van der Waals surface area (Å²) in [6.07, 6.45) is 1.18. The first kappa shape index (κ1) is 7.03. The summed E-state index contributed by atoms with van der Waals surface area (Å²) in [7, 11) is 0. The summed E-state index contributed by atoms with van der Waals surface area (Å²) < 4.78 is 4.63. The number of hydrogen-bond acceptors (Lipinski definition) is 3. The van der Waals surface area contributed by atoms with Gasteiger partial charge in [-0.1, -0.05) is 12.1 Å². The van der Waals surface area contributed by atoms with E-state index in [1.54, 1.807) is 6.07 Å². The van der Waals surface area contributed by atoms with Crippen molar-refractivity contribution in [2.75, 3.05) is 0 Å². The minimum Gasteiger partial charge on any atom is -0.411 e. The van der Waals surface area contributed by atoms with Crippen molar-refractivity contribution in [1.29, 1.82) is 0 Å². The van der Waals surface area contributed by atoms with Crippen LogP contribution in [0.3, 0.4) is 0 Å². The highest BCUT2D eigenvalue weighted by Gasteiger charge is 2.01. The molecule has 0 N–H and O–H groups in total. The van der Waals surface area contributed by atoms with E-state index in [1.165, 1.54) is 6.39 Å². The van der Waals surface area contributed by atoms with Crippen molar-refractivity contribution in [2.45, 2.75) is 6.92 Å². The highest BCUT2D eigenvalue weighted by Crippen LogP contribution is 2.10. The fourth-order valence-corrected chi connectivity index (χ4v) is 1.19. The van der Waals surface area contributed by atoms with Crippen molar-refractivity contribution in [3.05, 3.63) is 40.6 Å². The predicted octanol–water partition coefficient (Wildman–Crippen LogP) is 1.50. The fraction of sp³-hybridized carbons (Fsp3) is 0.111. The normalized spacial score (nSPS) is 10.4. The van der Waals surface area contributed by atoms with E-state index in [-0.39, 0.29) is 5.63 Å². The zero-order chi connectivity index (χ0) is 8.55. The number of para-hydroxylation sites is 1. The van der Waals surface area contributed by atoms with E-state index >= 15 is 0 Å². The molecule has 0 aliphatic rings. The van der Waals surface area contributed by atoms with Crippen LogP contribution in [0.1, 0.15) is 5.56 Å². The maximum absolute atomic E-state index is 11.1. The molecule has 0 saturated heterocycles. The highest BCUT2D eigenvalue weighted by atomic mass is 16.4. The smallest absolute Gasteiger partial charge is 0.346 e. The van der Waals surface area contributed by atoms with Gasteiger partial charge in [-0.2, -0.15) is 0 Å². The van der Waals surface area contributed by atoms with Crippen molar-refractivity contribution in [2.24, 2.45) is 0 Å². The van der Waals surface area contributed by atoms with Crippen molar-refractivity contribution < 1.29 is 4.42 Å². The van der Waals surface area contributed by atoms with Gasteiger partial charge in [0.2, 0.25) is 0 Å². The number of hydrogen-bond donors (Lipinski definition) is 0. The molecular formula is C9H7NO2. The molecule has 0 fully saturated rings.